The number of nitrogens with one attached hydrogen (secondary N) is 1. The van der Waals surface area contributed by atoms with E-state index < -0.39 is 0 Å². The monoisotopic (exact) mass is 268 g/mol. The maximum absolute atomic E-state index is 12.0. The van der Waals surface area contributed by atoms with E-state index >= 15 is 0 Å². The highest BCUT2D eigenvalue weighted by molar-refractivity contribution is 6.03. The summed E-state index contributed by atoms with van der Waals surface area (Å²) in [6.07, 6.45) is 1.92. The Balaban J connectivity index is 2.71. The first kappa shape index (κ1) is 13.9. The summed E-state index contributed by atoms with van der Waals surface area (Å²) in [5.74, 6) is -0.380. The van der Waals surface area contributed by atoms with Crippen molar-refractivity contribution in [3.63, 3.8) is 0 Å². The predicted molar refractivity (Wildman–Crippen MR) is 78.3 cm³/mol. The number of carbonyl (C=O) groups excluding carboxylic acids is 1. The molecule has 0 unspecified atom stereocenters. The van der Waals surface area contributed by atoms with Crippen molar-refractivity contribution in [3.8, 4) is 6.07 Å². The number of H-pyrrole nitrogens is 1. The Morgan fingerprint density at radius 1 is 1.45 bits per heavy atom. The normalized spacial score (nSPS) is 10.1. The van der Waals surface area contributed by atoms with Gasteiger partial charge in [0, 0.05) is 16.5 Å². The first-order chi connectivity index (χ1) is 9.56. The highest BCUT2D eigenvalue weighted by Gasteiger charge is 2.17. The average molecular weight is 268 g/mol. The van der Waals surface area contributed by atoms with Crippen molar-refractivity contribution in [2.24, 2.45) is 0 Å². The van der Waals surface area contributed by atoms with Gasteiger partial charge in [-0.25, -0.2) is 4.79 Å². The molecule has 1 heterocycles. The van der Waals surface area contributed by atoms with Crippen molar-refractivity contribution in [2.45, 2.75) is 20.8 Å². The van der Waals surface area contributed by atoms with E-state index in [9.17, 15) is 4.79 Å². The van der Waals surface area contributed by atoms with Crippen molar-refractivity contribution in [1.29, 1.82) is 5.26 Å². The molecule has 1 aromatic heterocycles. The molecule has 4 nitrogen and oxygen atoms in total. The van der Waals surface area contributed by atoms with Gasteiger partial charge >= 0.3 is 5.97 Å². The van der Waals surface area contributed by atoms with Crippen LogP contribution in [-0.4, -0.2) is 17.6 Å². The van der Waals surface area contributed by atoms with Gasteiger partial charge in [0.25, 0.3) is 0 Å². The van der Waals surface area contributed by atoms with Crippen LogP contribution >= 0.6 is 0 Å². The molecule has 0 aliphatic carbocycles. The second kappa shape index (κ2) is 5.62. The summed E-state index contributed by atoms with van der Waals surface area (Å²) in [5, 5.41) is 9.86. The number of allylic oxidation sites excluding steroid dienone is 1. The first-order valence-corrected chi connectivity index (χ1v) is 6.44. The molecule has 0 bridgehead atoms. The van der Waals surface area contributed by atoms with Crippen LogP contribution in [0.1, 0.15) is 42.4 Å². The van der Waals surface area contributed by atoms with Crippen molar-refractivity contribution in [2.75, 3.05) is 6.61 Å². The largest absolute Gasteiger partial charge is 0.461 e. The van der Waals surface area contributed by atoms with Crippen molar-refractivity contribution < 1.29 is 9.53 Å². The molecule has 2 aromatic rings. The van der Waals surface area contributed by atoms with Crippen LogP contribution in [0.4, 0.5) is 0 Å². The SMILES string of the molecule is CCOC(=O)c1[nH]c2ccc(C#N)cc2c1C=C(C)C. The molecule has 0 aliphatic heterocycles. The smallest absolute Gasteiger partial charge is 0.355 e. The zero-order valence-electron chi connectivity index (χ0n) is 11.8. The van der Waals surface area contributed by atoms with Crippen LogP contribution in [0.2, 0.25) is 0 Å². The Bertz CT molecular complexity index is 729. The lowest BCUT2D eigenvalue weighted by Crippen LogP contribution is -2.06. The quantitative estimate of drug-likeness (QED) is 0.864. The van der Waals surface area contributed by atoms with E-state index in [1.54, 1.807) is 25.1 Å². The zero-order chi connectivity index (χ0) is 14.7. The molecule has 4 heteroatoms. The topological polar surface area (TPSA) is 65.9 Å². The van der Waals surface area contributed by atoms with Gasteiger partial charge in [-0.05, 0) is 39.0 Å². The molecule has 2 rings (SSSR count). The highest BCUT2D eigenvalue weighted by Crippen LogP contribution is 2.26. The summed E-state index contributed by atoms with van der Waals surface area (Å²) in [4.78, 5) is 15.1. The fraction of sp³-hybridized carbons (Fsp3) is 0.250. The van der Waals surface area contributed by atoms with Gasteiger partial charge < -0.3 is 9.72 Å². The number of hydrogen-bond donors (Lipinski definition) is 1. The molecule has 0 fully saturated rings. The third kappa shape index (κ3) is 2.57. The van der Waals surface area contributed by atoms with Crippen LogP contribution < -0.4 is 0 Å². The maximum atomic E-state index is 12.0. The van der Waals surface area contributed by atoms with E-state index in [0.29, 0.717) is 17.9 Å². The number of ether oxygens (including phenoxy) is 1. The molecule has 1 N–H and O–H groups in total. The first-order valence-electron chi connectivity index (χ1n) is 6.44. The van der Waals surface area contributed by atoms with Crippen LogP contribution in [0.3, 0.4) is 0 Å². The average Bonchev–Trinajstić information content (AvgIpc) is 2.76. The van der Waals surface area contributed by atoms with Crippen LogP contribution in [0.5, 0.6) is 0 Å². The Morgan fingerprint density at radius 2 is 2.20 bits per heavy atom. The van der Waals surface area contributed by atoms with Gasteiger partial charge in [-0.2, -0.15) is 5.26 Å². The molecule has 1 aromatic carbocycles. The van der Waals surface area contributed by atoms with Gasteiger partial charge in [0.15, 0.2) is 0 Å². The summed E-state index contributed by atoms with van der Waals surface area (Å²) in [5.41, 5.74) is 3.65. The van der Waals surface area contributed by atoms with Gasteiger partial charge in [0.2, 0.25) is 0 Å². The molecule has 0 saturated heterocycles. The summed E-state index contributed by atoms with van der Waals surface area (Å²) in [6, 6.07) is 7.42. The number of carbonyl (C=O) groups is 1. The molecule has 0 spiro atoms. The molecule has 20 heavy (non-hydrogen) atoms. The number of hydrogen-bond acceptors (Lipinski definition) is 3. The lowest BCUT2D eigenvalue weighted by molar-refractivity contribution is 0.0520. The lowest BCUT2D eigenvalue weighted by Gasteiger charge is -2.01. The lowest BCUT2D eigenvalue weighted by atomic mass is 10.1. The highest BCUT2D eigenvalue weighted by atomic mass is 16.5. The molecule has 0 radical (unpaired) electrons. The van der Waals surface area contributed by atoms with Crippen molar-refractivity contribution in [3.05, 3.63) is 40.6 Å². The Hall–Kier alpha value is -2.54. The molecule has 0 aliphatic rings. The minimum Gasteiger partial charge on any atom is -0.461 e. The van der Waals surface area contributed by atoms with Crippen LogP contribution in [0.25, 0.3) is 17.0 Å². The molecule has 102 valence electrons. The van der Waals surface area contributed by atoms with E-state index in [1.165, 1.54) is 0 Å². The van der Waals surface area contributed by atoms with E-state index in [2.05, 4.69) is 11.1 Å². The molecule has 0 atom stereocenters. The Kier molecular flexibility index (Phi) is 3.90. The third-order valence-corrected chi connectivity index (χ3v) is 2.88. The summed E-state index contributed by atoms with van der Waals surface area (Å²) in [6.45, 7) is 6.02. The molecule has 0 amide bonds. The number of rotatable bonds is 3. The van der Waals surface area contributed by atoms with E-state index in [1.807, 2.05) is 19.9 Å². The predicted octanol–water partition coefficient (Wildman–Crippen LogP) is 3.64. The Labute approximate surface area is 117 Å². The summed E-state index contributed by atoms with van der Waals surface area (Å²) in [7, 11) is 0. The number of benzene rings is 1. The molecular formula is C16H16N2O2. The molecule has 0 saturated carbocycles. The number of fused-ring (bicyclic) bond motifs is 1. The maximum Gasteiger partial charge on any atom is 0.355 e. The van der Waals surface area contributed by atoms with Crippen molar-refractivity contribution >= 4 is 22.9 Å². The standard InChI is InChI=1S/C16H16N2O2/c1-4-20-16(19)15-13(7-10(2)3)12-8-11(9-17)5-6-14(12)18-15/h5-8,18H,4H2,1-3H3. The Morgan fingerprint density at radius 3 is 2.80 bits per heavy atom. The number of aromatic amines is 1. The van der Waals surface area contributed by atoms with Gasteiger partial charge in [0.1, 0.15) is 5.69 Å². The fourth-order valence-electron chi connectivity index (χ4n) is 2.09. The van der Waals surface area contributed by atoms with Gasteiger partial charge in [-0.1, -0.05) is 11.6 Å². The number of aromatic nitrogens is 1. The van der Waals surface area contributed by atoms with E-state index in [-0.39, 0.29) is 5.97 Å². The minimum absolute atomic E-state index is 0.325. The van der Waals surface area contributed by atoms with Crippen LogP contribution in [-0.2, 0) is 4.74 Å². The fourth-order valence-corrected chi connectivity index (χ4v) is 2.09. The second-order valence-corrected chi connectivity index (χ2v) is 4.73. The number of nitrogens with zero attached hydrogens (tertiary/aromatic N) is 1. The number of nitriles is 1. The minimum atomic E-state index is -0.380. The number of esters is 1. The van der Waals surface area contributed by atoms with Crippen LogP contribution in [0.15, 0.2) is 23.8 Å². The van der Waals surface area contributed by atoms with Crippen LogP contribution in [0, 0.1) is 11.3 Å². The zero-order valence-corrected chi connectivity index (χ0v) is 11.8. The van der Waals surface area contributed by atoms with Gasteiger partial charge in [-0.3, -0.25) is 0 Å². The van der Waals surface area contributed by atoms with Crippen molar-refractivity contribution in [1.82, 2.24) is 4.98 Å². The van der Waals surface area contributed by atoms with Gasteiger partial charge in [-0.15, -0.1) is 0 Å². The van der Waals surface area contributed by atoms with E-state index in [4.69, 9.17) is 10.00 Å². The summed E-state index contributed by atoms with van der Waals surface area (Å²) >= 11 is 0. The van der Waals surface area contributed by atoms with Gasteiger partial charge in [0.05, 0.1) is 18.2 Å². The third-order valence-electron chi connectivity index (χ3n) is 2.88. The second-order valence-electron chi connectivity index (χ2n) is 4.73. The summed E-state index contributed by atoms with van der Waals surface area (Å²) < 4.78 is 5.07. The molecular weight excluding hydrogens is 252 g/mol. The van der Waals surface area contributed by atoms with E-state index in [0.717, 1.165) is 22.0 Å².